The van der Waals surface area contributed by atoms with Gasteiger partial charge in [0.05, 0.1) is 0 Å². The number of carboxylic acid groups (broad SMARTS) is 1. The highest BCUT2D eigenvalue weighted by molar-refractivity contribution is 6.45. The Kier molecular flexibility index (Phi) is 2.53. The lowest BCUT2D eigenvalue weighted by Gasteiger charge is -2.24. The summed E-state index contributed by atoms with van der Waals surface area (Å²) < 4.78 is 0. The average molecular weight is 197 g/mol. The summed E-state index contributed by atoms with van der Waals surface area (Å²) in [4.78, 5) is 12.8. The molecule has 2 aliphatic rings. The summed E-state index contributed by atoms with van der Waals surface area (Å²) in [6.07, 6.45) is 3.27. The summed E-state index contributed by atoms with van der Waals surface area (Å²) in [5.74, 6) is -0.0203. The second-order valence-corrected chi connectivity index (χ2v) is 4.47. The van der Waals surface area contributed by atoms with Gasteiger partial charge in [-0.3, -0.25) is 4.79 Å². The van der Waals surface area contributed by atoms with E-state index in [9.17, 15) is 9.82 Å². The molecule has 2 fully saturated rings. The van der Waals surface area contributed by atoms with E-state index < -0.39 is 19.1 Å². The molecule has 0 unspecified atom stereocenters. The predicted octanol–water partition coefficient (Wildman–Crippen LogP) is 0.282. The first kappa shape index (κ1) is 9.99. The SMILES string of the molecule is CB(O)N1C[C@@H]2CCC[C@@H]2[C@H]1C(=O)O. The van der Waals surface area contributed by atoms with Crippen molar-refractivity contribution in [1.29, 1.82) is 0 Å². The summed E-state index contributed by atoms with van der Waals surface area (Å²) in [5, 5.41) is 18.6. The molecule has 0 amide bonds. The maximum atomic E-state index is 11.1. The van der Waals surface area contributed by atoms with E-state index in [1.807, 2.05) is 0 Å². The Hall–Kier alpha value is -0.545. The van der Waals surface area contributed by atoms with Crippen molar-refractivity contribution in [3.05, 3.63) is 0 Å². The van der Waals surface area contributed by atoms with Gasteiger partial charge in [0.25, 0.3) is 0 Å². The zero-order valence-corrected chi connectivity index (χ0v) is 8.39. The molecule has 1 heterocycles. The van der Waals surface area contributed by atoms with Crippen molar-refractivity contribution in [3.8, 4) is 0 Å². The minimum absolute atomic E-state index is 0.266. The lowest BCUT2D eigenvalue weighted by molar-refractivity contribution is -0.142. The summed E-state index contributed by atoms with van der Waals surface area (Å²) in [5.41, 5.74) is 0. The minimum atomic E-state index is -0.777. The van der Waals surface area contributed by atoms with Crippen LogP contribution in [0.15, 0.2) is 0 Å². The standard InChI is InChI=1S/C9H16BNO3/c1-10(14)11-5-6-3-2-4-7(6)8(11)9(12)13/h6-8,14H,2-5H2,1H3,(H,12,13)/t6-,7-,8-/m0/s1. The number of fused-ring (bicyclic) bond motifs is 1. The molecule has 0 radical (unpaired) electrons. The Bertz CT molecular complexity index is 246. The van der Waals surface area contributed by atoms with Crippen molar-refractivity contribution in [3.63, 3.8) is 0 Å². The summed E-state index contributed by atoms with van der Waals surface area (Å²) in [6, 6.07) is -0.456. The number of hydrogen-bond donors (Lipinski definition) is 2. The van der Waals surface area contributed by atoms with E-state index in [-0.39, 0.29) is 5.92 Å². The quantitative estimate of drug-likeness (QED) is 0.624. The van der Waals surface area contributed by atoms with Gasteiger partial charge >= 0.3 is 13.0 Å². The van der Waals surface area contributed by atoms with E-state index >= 15 is 0 Å². The molecule has 3 atom stereocenters. The second kappa shape index (κ2) is 3.55. The van der Waals surface area contributed by atoms with Crippen molar-refractivity contribution in [2.75, 3.05) is 6.54 Å². The monoisotopic (exact) mass is 197 g/mol. The predicted molar refractivity (Wildman–Crippen MR) is 52.8 cm³/mol. The van der Waals surface area contributed by atoms with Crippen LogP contribution in [0.1, 0.15) is 19.3 Å². The van der Waals surface area contributed by atoms with Gasteiger partial charge in [0.15, 0.2) is 0 Å². The molecular formula is C9H16BNO3. The van der Waals surface area contributed by atoms with Gasteiger partial charge in [-0.25, -0.2) is 0 Å². The molecule has 14 heavy (non-hydrogen) atoms. The molecule has 0 spiro atoms. The maximum absolute atomic E-state index is 11.1. The van der Waals surface area contributed by atoms with Crippen molar-refractivity contribution in [1.82, 2.24) is 4.81 Å². The topological polar surface area (TPSA) is 60.8 Å². The highest BCUT2D eigenvalue weighted by Gasteiger charge is 2.49. The zero-order chi connectivity index (χ0) is 10.3. The van der Waals surface area contributed by atoms with Gasteiger partial charge in [-0.1, -0.05) is 6.42 Å². The van der Waals surface area contributed by atoms with Crippen LogP contribution in [0.25, 0.3) is 0 Å². The Morgan fingerprint density at radius 3 is 2.79 bits per heavy atom. The van der Waals surface area contributed by atoms with Crippen LogP contribution in [0.4, 0.5) is 0 Å². The summed E-state index contributed by atoms with van der Waals surface area (Å²) in [6.45, 7) is 2.40. The lowest BCUT2D eigenvalue weighted by atomic mass is 9.83. The van der Waals surface area contributed by atoms with E-state index in [1.54, 1.807) is 11.6 Å². The van der Waals surface area contributed by atoms with E-state index in [0.717, 1.165) is 25.8 Å². The third-order valence-corrected chi connectivity index (χ3v) is 3.66. The van der Waals surface area contributed by atoms with Gasteiger partial charge in [0, 0.05) is 0 Å². The Morgan fingerprint density at radius 1 is 1.50 bits per heavy atom. The zero-order valence-electron chi connectivity index (χ0n) is 8.39. The third kappa shape index (κ3) is 1.44. The van der Waals surface area contributed by atoms with Crippen molar-refractivity contribution < 1.29 is 14.9 Å². The highest BCUT2D eigenvalue weighted by atomic mass is 16.4. The van der Waals surface area contributed by atoms with Gasteiger partial charge < -0.3 is 14.9 Å². The first-order chi connectivity index (χ1) is 6.61. The molecule has 2 N–H and O–H groups in total. The third-order valence-electron chi connectivity index (χ3n) is 3.66. The summed E-state index contributed by atoms with van der Waals surface area (Å²) >= 11 is 0. The number of rotatable bonds is 2. The van der Waals surface area contributed by atoms with Crippen molar-refractivity contribution >= 4 is 13.0 Å². The number of carbonyl (C=O) groups is 1. The first-order valence-electron chi connectivity index (χ1n) is 5.28. The van der Waals surface area contributed by atoms with Crippen LogP contribution in [0.5, 0.6) is 0 Å². The maximum Gasteiger partial charge on any atom is 0.377 e. The van der Waals surface area contributed by atoms with E-state index in [0.29, 0.717) is 5.92 Å². The number of carboxylic acids is 1. The molecule has 0 aromatic rings. The van der Waals surface area contributed by atoms with Gasteiger partial charge in [0.2, 0.25) is 0 Å². The van der Waals surface area contributed by atoms with Crippen molar-refractivity contribution in [2.24, 2.45) is 11.8 Å². The Balaban J connectivity index is 2.17. The van der Waals surface area contributed by atoms with Gasteiger partial charge in [-0.05, 0) is 38.0 Å². The minimum Gasteiger partial charge on any atom is -0.480 e. The molecule has 2 rings (SSSR count). The fraction of sp³-hybridized carbons (Fsp3) is 0.889. The lowest BCUT2D eigenvalue weighted by Crippen LogP contribution is -2.47. The molecule has 1 aliphatic heterocycles. The summed E-state index contributed by atoms with van der Waals surface area (Å²) in [7, 11) is -0.637. The van der Waals surface area contributed by atoms with Crippen LogP contribution < -0.4 is 0 Å². The number of hydrogen-bond acceptors (Lipinski definition) is 3. The molecule has 4 nitrogen and oxygen atoms in total. The van der Waals surface area contributed by atoms with E-state index in [4.69, 9.17) is 5.11 Å². The smallest absolute Gasteiger partial charge is 0.377 e. The van der Waals surface area contributed by atoms with Crippen molar-refractivity contribution in [2.45, 2.75) is 32.1 Å². The van der Waals surface area contributed by atoms with E-state index in [1.165, 1.54) is 0 Å². The fourth-order valence-electron chi connectivity index (χ4n) is 3.05. The van der Waals surface area contributed by atoms with Crippen LogP contribution in [0, 0.1) is 11.8 Å². The van der Waals surface area contributed by atoms with Crippen LogP contribution in [-0.2, 0) is 4.79 Å². The molecule has 0 aromatic heterocycles. The average Bonchev–Trinajstić information content (AvgIpc) is 2.58. The van der Waals surface area contributed by atoms with Crippen LogP contribution >= 0.6 is 0 Å². The Labute approximate surface area is 84.0 Å². The molecule has 1 saturated carbocycles. The fourth-order valence-corrected chi connectivity index (χ4v) is 3.05. The van der Waals surface area contributed by atoms with Gasteiger partial charge in [-0.2, -0.15) is 0 Å². The van der Waals surface area contributed by atoms with Gasteiger partial charge in [-0.15, -0.1) is 0 Å². The van der Waals surface area contributed by atoms with E-state index in [2.05, 4.69) is 0 Å². The number of aliphatic carboxylic acids is 1. The molecule has 0 aromatic carbocycles. The van der Waals surface area contributed by atoms with Crippen LogP contribution in [0.2, 0.25) is 6.82 Å². The van der Waals surface area contributed by atoms with Crippen LogP contribution in [-0.4, -0.2) is 40.5 Å². The first-order valence-corrected chi connectivity index (χ1v) is 5.28. The highest BCUT2D eigenvalue weighted by Crippen LogP contribution is 2.42. The molecule has 5 heteroatoms. The molecule has 1 saturated heterocycles. The molecule has 78 valence electrons. The van der Waals surface area contributed by atoms with Gasteiger partial charge in [0.1, 0.15) is 6.04 Å². The second-order valence-electron chi connectivity index (χ2n) is 4.47. The molecular weight excluding hydrogens is 181 g/mol. The molecule has 0 bridgehead atoms. The molecule has 1 aliphatic carbocycles. The Morgan fingerprint density at radius 2 is 2.21 bits per heavy atom. The largest absolute Gasteiger partial charge is 0.480 e. The van der Waals surface area contributed by atoms with Crippen LogP contribution in [0.3, 0.4) is 0 Å². The number of nitrogens with zero attached hydrogens (tertiary/aromatic N) is 1. The normalized spacial score (nSPS) is 37.1.